The number of alkyl halides is 3. The zero-order valence-electron chi connectivity index (χ0n) is 15.2. The topological polar surface area (TPSA) is 83.2 Å². The van der Waals surface area contributed by atoms with Crippen LogP contribution in [-0.2, 0) is 33.9 Å². The number of aromatic nitrogens is 3. The Morgan fingerprint density at radius 1 is 1.10 bits per heavy atom. The van der Waals surface area contributed by atoms with Crippen LogP contribution in [0.5, 0.6) is 0 Å². The van der Waals surface area contributed by atoms with Crippen LogP contribution in [0.25, 0.3) is 5.69 Å². The van der Waals surface area contributed by atoms with Gasteiger partial charge < -0.3 is 4.55 Å². The highest BCUT2D eigenvalue weighted by molar-refractivity contribution is 7.95. The Morgan fingerprint density at radius 3 is 2.47 bits per heavy atom. The number of benzene rings is 2. The third-order valence-corrected chi connectivity index (χ3v) is 6.79. The first-order chi connectivity index (χ1) is 14.1. The Hall–Kier alpha value is -2.47. The molecule has 0 saturated carbocycles. The van der Waals surface area contributed by atoms with Gasteiger partial charge in [0.15, 0.2) is 21.1 Å². The maximum absolute atomic E-state index is 13.0. The van der Waals surface area contributed by atoms with Gasteiger partial charge in [-0.25, -0.2) is 4.79 Å². The predicted octanol–water partition coefficient (Wildman–Crippen LogP) is 3.13. The van der Waals surface area contributed by atoms with E-state index in [9.17, 15) is 26.7 Å². The molecule has 0 amide bonds. The maximum Gasteiger partial charge on any atom is 0.416 e. The number of hydrogen-bond acceptors (Lipinski definition) is 4. The van der Waals surface area contributed by atoms with E-state index in [-0.39, 0.29) is 25.5 Å². The minimum absolute atomic E-state index is 0.0277. The van der Waals surface area contributed by atoms with Gasteiger partial charge in [-0.2, -0.15) is 17.9 Å². The molecule has 1 aliphatic rings. The molecule has 1 aliphatic heterocycles. The number of fused-ring (bicyclic) bond motifs is 1. The second-order valence-corrected chi connectivity index (χ2v) is 8.98. The van der Waals surface area contributed by atoms with Crippen molar-refractivity contribution in [2.75, 3.05) is 6.54 Å². The van der Waals surface area contributed by atoms with E-state index < -0.39 is 32.7 Å². The summed E-state index contributed by atoms with van der Waals surface area (Å²) in [7, 11) is -4.21. The van der Waals surface area contributed by atoms with Crippen LogP contribution in [0.3, 0.4) is 0 Å². The number of rotatable bonds is 3. The van der Waals surface area contributed by atoms with E-state index in [1.54, 1.807) is 24.3 Å². The lowest BCUT2D eigenvalue weighted by atomic mass is 10.2. The SMILES string of the molecule is O=c1n(-c2ccc(Cl)cc2)nc2n1CCN([S+](=O)([O-])c1cccc(C(F)(F)F)c1)C2. The summed E-state index contributed by atoms with van der Waals surface area (Å²) in [5, 5.41) is 4.68. The van der Waals surface area contributed by atoms with Crippen molar-refractivity contribution in [3.63, 3.8) is 0 Å². The molecule has 30 heavy (non-hydrogen) atoms. The van der Waals surface area contributed by atoms with Crippen LogP contribution in [0.1, 0.15) is 11.4 Å². The molecule has 2 heterocycles. The third kappa shape index (κ3) is 3.69. The normalized spacial score (nSPS) is 16.8. The molecule has 4 rings (SSSR count). The molecule has 0 aliphatic carbocycles. The van der Waals surface area contributed by atoms with Crippen LogP contribution in [0, 0.1) is 0 Å². The number of sulfonamides is 1. The fourth-order valence-electron chi connectivity index (χ4n) is 3.16. The summed E-state index contributed by atoms with van der Waals surface area (Å²) in [5.74, 6) is 0.191. The molecule has 0 spiro atoms. The molecule has 1 atom stereocenters. The molecule has 0 saturated heterocycles. The van der Waals surface area contributed by atoms with Gasteiger partial charge >= 0.3 is 11.9 Å². The number of nitrogens with zero attached hydrogens (tertiary/aromatic N) is 4. The van der Waals surface area contributed by atoms with Gasteiger partial charge in [-0.3, -0.25) is 4.57 Å². The molecule has 0 fully saturated rings. The maximum atomic E-state index is 13.0. The highest BCUT2D eigenvalue weighted by atomic mass is 35.5. The van der Waals surface area contributed by atoms with Gasteiger partial charge in [0.1, 0.15) is 6.54 Å². The Labute approximate surface area is 174 Å². The van der Waals surface area contributed by atoms with E-state index in [2.05, 4.69) is 5.10 Å². The van der Waals surface area contributed by atoms with Crippen molar-refractivity contribution in [1.29, 1.82) is 0 Å². The van der Waals surface area contributed by atoms with Crippen molar-refractivity contribution in [2.45, 2.75) is 24.2 Å². The molecular weight excluding hydrogens is 445 g/mol. The van der Waals surface area contributed by atoms with E-state index in [0.29, 0.717) is 16.8 Å². The fourth-order valence-corrected chi connectivity index (χ4v) is 4.72. The highest BCUT2D eigenvalue weighted by Gasteiger charge is 2.38. The Kier molecular flexibility index (Phi) is 5.09. The molecule has 158 valence electrons. The minimum Gasteiger partial charge on any atom is -0.593 e. The van der Waals surface area contributed by atoms with E-state index in [1.165, 1.54) is 4.57 Å². The van der Waals surface area contributed by atoms with Crippen LogP contribution < -0.4 is 5.69 Å². The van der Waals surface area contributed by atoms with Crippen molar-refractivity contribution >= 4 is 22.0 Å². The summed E-state index contributed by atoms with van der Waals surface area (Å²) in [4.78, 5) is 12.2. The van der Waals surface area contributed by atoms with Gasteiger partial charge in [-0.05, 0) is 36.4 Å². The first-order valence-corrected chi connectivity index (χ1v) is 10.5. The van der Waals surface area contributed by atoms with Crippen molar-refractivity contribution < 1.29 is 21.9 Å². The fraction of sp³-hybridized carbons (Fsp3) is 0.222. The minimum atomic E-state index is -4.66. The van der Waals surface area contributed by atoms with Crippen molar-refractivity contribution in [2.24, 2.45) is 0 Å². The van der Waals surface area contributed by atoms with Gasteiger partial charge in [0, 0.05) is 17.6 Å². The average molecular weight is 459 g/mol. The first-order valence-electron chi connectivity index (χ1n) is 8.69. The number of hydrogen-bond donors (Lipinski definition) is 0. The molecule has 0 bridgehead atoms. The molecule has 7 nitrogen and oxygen atoms in total. The Bertz CT molecular complexity index is 1210. The molecule has 0 N–H and O–H groups in total. The standard InChI is InChI=1S/C18H14ClF3N4O3S/c19-13-4-6-14(7-5-13)26-17(27)25-9-8-24(11-16(25)23-26)30(28,29)15-3-1-2-12(10-15)18(20,21)22/h1-7,10H,8-9,11H2. The molecule has 1 aromatic heterocycles. The smallest absolute Gasteiger partial charge is 0.416 e. The lowest BCUT2D eigenvalue weighted by Gasteiger charge is -2.30. The summed E-state index contributed by atoms with van der Waals surface area (Å²) >= 11 is 5.85. The van der Waals surface area contributed by atoms with E-state index in [1.807, 2.05) is 0 Å². The molecule has 0 radical (unpaired) electrons. The molecule has 1 unspecified atom stereocenters. The third-order valence-electron chi connectivity index (χ3n) is 4.70. The first kappa shape index (κ1) is 20.8. The molecule has 3 aromatic rings. The summed E-state index contributed by atoms with van der Waals surface area (Å²) in [6, 6.07) is 9.94. The van der Waals surface area contributed by atoms with Crippen molar-refractivity contribution in [3.8, 4) is 5.69 Å². The van der Waals surface area contributed by atoms with E-state index >= 15 is 0 Å². The van der Waals surface area contributed by atoms with Crippen LogP contribution in [0.15, 0.2) is 58.2 Å². The van der Waals surface area contributed by atoms with Gasteiger partial charge in [0.2, 0.25) is 0 Å². The summed E-state index contributed by atoms with van der Waals surface area (Å²) < 4.78 is 68.2. The number of halogens is 4. The molecular formula is C18H14ClF3N4O3S. The quantitative estimate of drug-likeness (QED) is 0.564. The largest absolute Gasteiger partial charge is 0.593 e. The van der Waals surface area contributed by atoms with Gasteiger partial charge in [-0.1, -0.05) is 21.9 Å². The van der Waals surface area contributed by atoms with Gasteiger partial charge in [-0.15, -0.1) is 9.40 Å². The summed E-state index contributed by atoms with van der Waals surface area (Å²) in [6.07, 6.45) is -4.66. The van der Waals surface area contributed by atoms with Crippen molar-refractivity contribution in [1.82, 2.24) is 18.7 Å². The van der Waals surface area contributed by atoms with Crippen molar-refractivity contribution in [3.05, 3.63) is 75.4 Å². The van der Waals surface area contributed by atoms with Crippen LogP contribution in [0.4, 0.5) is 13.2 Å². The Morgan fingerprint density at radius 2 is 1.80 bits per heavy atom. The average Bonchev–Trinajstić information content (AvgIpc) is 3.04. The van der Waals surface area contributed by atoms with Crippen LogP contribution in [0.2, 0.25) is 5.02 Å². The summed E-state index contributed by atoms with van der Waals surface area (Å²) in [5.41, 5.74) is -1.04. The zero-order valence-corrected chi connectivity index (χ0v) is 16.7. The lowest BCUT2D eigenvalue weighted by molar-refractivity contribution is -0.137. The van der Waals surface area contributed by atoms with Crippen LogP contribution in [-0.4, -0.2) is 29.8 Å². The highest BCUT2D eigenvalue weighted by Crippen LogP contribution is 2.33. The van der Waals surface area contributed by atoms with Crippen LogP contribution >= 0.6 is 11.6 Å². The van der Waals surface area contributed by atoms with Gasteiger partial charge in [0.25, 0.3) is 0 Å². The molecule has 12 heteroatoms. The monoisotopic (exact) mass is 458 g/mol. The second-order valence-electron chi connectivity index (χ2n) is 6.60. The predicted molar refractivity (Wildman–Crippen MR) is 102 cm³/mol. The lowest BCUT2D eigenvalue weighted by Crippen LogP contribution is -2.43. The summed E-state index contributed by atoms with van der Waals surface area (Å²) in [6.45, 7) is -0.286. The Balaban J connectivity index is 1.66. The molecule has 2 aromatic carbocycles. The zero-order chi connectivity index (χ0) is 21.7. The van der Waals surface area contributed by atoms with Gasteiger partial charge in [0.05, 0.1) is 17.8 Å². The second kappa shape index (κ2) is 7.34. The van der Waals surface area contributed by atoms with E-state index in [0.717, 1.165) is 27.2 Å². The van der Waals surface area contributed by atoms with E-state index in [4.69, 9.17) is 11.6 Å².